The van der Waals surface area contributed by atoms with Crippen molar-refractivity contribution in [2.45, 2.75) is 5.38 Å². The van der Waals surface area contributed by atoms with Crippen molar-refractivity contribution in [3.05, 3.63) is 29.8 Å². The third-order valence-corrected chi connectivity index (χ3v) is 9.01. The molecule has 0 bridgehead atoms. The molecule has 0 aliphatic rings. The van der Waals surface area contributed by atoms with Gasteiger partial charge in [-0.05, 0) is 11.0 Å². The average Bonchev–Trinajstić information content (AvgIpc) is 2.16. The van der Waals surface area contributed by atoms with Crippen molar-refractivity contribution in [3.8, 4) is 0 Å². The van der Waals surface area contributed by atoms with Crippen LogP contribution in [0.25, 0.3) is 0 Å². The summed E-state index contributed by atoms with van der Waals surface area (Å²) in [4.78, 5) is 0. The lowest BCUT2D eigenvalue weighted by molar-refractivity contribution is 0.426. The first-order chi connectivity index (χ1) is 7.16. The Hall–Kier alpha value is 1.60. The molecule has 0 spiro atoms. The quantitative estimate of drug-likeness (QED) is 0.444. The summed E-state index contributed by atoms with van der Waals surface area (Å²) in [6.45, 7) is 0. The lowest BCUT2D eigenvalue weighted by atomic mass is 9.80. The van der Waals surface area contributed by atoms with E-state index in [1.807, 2.05) is 0 Å². The van der Waals surface area contributed by atoms with Crippen LogP contribution in [-0.2, 0) is 3.23 Å². The van der Waals surface area contributed by atoms with Gasteiger partial charge in [0.15, 0.2) is 2.14 Å². The topological polar surface area (TPSA) is 40.5 Å². The molecule has 8 heteroatoms. The number of hydrogen-bond donors (Lipinski definition) is 2. The second kappa shape index (κ2) is 5.71. The molecule has 0 radical (unpaired) electrons. The van der Waals surface area contributed by atoms with Gasteiger partial charge in [-0.15, -0.1) is 0 Å². The minimum atomic E-state index is -1.45. The highest BCUT2D eigenvalue weighted by atomic mass is 80.0. The van der Waals surface area contributed by atoms with Crippen LogP contribution >= 0.6 is 79.6 Å². The standard InChI is InChI=1S/C8H6BBr5O2/c10-7(11,8(12,13)14)5-1-3-6(4-2-5)9(15)16/h1-4,15-16H. The Morgan fingerprint density at radius 2 is 1.31 bits per heavy atom. The number of halogens is 5. The summed E-state index contributed by atoms with van der Waals surface area (Å²) in [6, 6.07) is 6.87. The van der Waals surface area contributed by atoms with Gasteiger partial charge in [-0.2, -0.15) is 0 Å². The summed E-state index contributed by atoms with van der Waals surface area (Å²) < 4.78 is -1.15. The Morgan fingerprint density at radius 3 is 1.62 bits per heavy atom. The van der Waals surface area contributed by atoms with E-state index in [2.05, 4.69) is 79.6 Å². The van der Waals surface area contributed by atoms with E-state index < -0.39 is 12.5 Å². The third-order valence-electron chi connectivity index (χ3n) is 1.93. The lowest BCUT2D eigenvalue weighted by Crippen LogP contribution is -2.31. The first-order valence-electron chi connectivity index (χ1n) is 4.07. The van der Waals surface area contributed by atoms with Crippen LogP contribution in [-0.4, -0.2) is 19.3 Å². The lowest BCUT2D eigenvalue weighted by Gasteiger charge is -2.30. The van der Waals surface area contributed by atoms with Gasteiger partial charge < -0.3 is 10.0 Å². The minimum absolute atomic E-state index is 0.448. The highest BCUT2D eigenvalue weighted by molar-refractivity contribution is 9.41. The van der Waals surface area contributed by atoms with Crippen molar-refractivity contribution in [3.63, 3.8) is 0 Å². The van der Waals surface area contributed by atoms with Gasteiger partial charge in [0, 0.05) is 0 Å². The molecule has 2 N–H and O–H groups in total. The zero-order valence-electron chi connectivity index (χ0n) is 7.67. The Bertz CT molecular complexity index is 360. The van der Waals surface area contributed by atoms with Crippen LogP contribution in [0.15, 0.2) is 24.3 Å². The van der Waals surface area contributed by atoms with Crippen molar-refractivity contribution < 1.29 is 10.0 Å². The van der Waals surface area contributed by atoms with Crippen LogP contribution in [0.2, 0.25) is 0 Å². The van der Waals surface area contributed by atoms with Crippen LogP contribution in [0.4, 0.5) is 0 Å². The van der Waals surface area contributed by atoms with E-state index in [0.717, 1.165) is 5.56 Å². The second-order valence-electron chi connectivity index (χ2n) is 3.07. The fraction of sp³-hybridized carbons (Fsp3) is 0.250. The first kappa shape index (κ1) is 15.7. The molecule has 0 aliphatic carbocycles. The normalized spacial score (nSPS) is 12.7. The minimum Gasteiger partial charge on any atom is -0.423 e. The molecule has 1 aromatic carbocycles. The fourth-order valence-corrected chi connectivity index (χ4v) is 2.24. The highest BCUT2D eigenvalue weighted by Crippen LogP contribution is 2.58. The molecule has 0 aliphatic heterocycles. The second-order valence-corrected chi connectivity index (χ2v) is 13.3. The van der Waals surface area contributed by atoms with Crippen LogP contribution in [0, 0.1) is 0 Å². The zero-order chi connectivity index (χ0) is 12.6. The molecule has 0 atom stereocenters. The molecular weight excluding hydrogens is 538 g/mol. The van der Waals surface area contributed by atoms with Gasteiger partial charge in [0.1, 0.15) is 3.23 Å². The molecule has 16 heavy (non-hydrogen) atoms. The molecule has 0 amide bonds. The van der Waals surface area contributed by atoms with Crippen molar-refractivity contribution in [1.82, 2.24) is 0 Å². The van der Waals surface area contributed by atoms with E-state index in [4.69, 9.17) is 10.0 Å². The molecule has 0 aromatic heterocycles. The van der Waals surface area contributed by atoms with Crippen LogP contribution in [0.3, 0.4) is 0 Å². The predicted octanol–water partition coefficient (Wildman–Crippen LogP) is 3.15. The maximum absolute atomic E-state index is 8.98. The number of alkyl halides is 5. The van der Waals surface area contributed by atoms with E-state index in [-0.39, 0.29) is 0 Å². The summed E-state index contributed by atoms with van der Waals surface area (Å²) in [5, 5.41) is 18.0. The van der Waals surface area contributed by atoms with Crippen LogP contribution in [0.5, 0.6) is 0 Å². The predicted molar refractivity (Wildman–Crippen MR) is 85.3 cm³/mol. The van der Waals surface area contributed by atoms with E-state index in [1.165, 1.54) is 0 Å². The molecule has 1 aromatic rings. The third kappa shape index (κ3) is 3.55. The Kier molecular flexibility index (Phi) is 5.59. The summed E-state index contributed by atoms with van der Waals surface area (Å²) >= 11 is 17.3. The summed E-state index contributed by atoms with van der Waals surface area (Å²) in [7, 11) is -1.45. The monoisotopic (exact) mass is 540 g/mol. The molecular formula is C8H6BBr5O2. The Labute approximate surface area is 136 Å². The Morgan fingerprint density at radius 1 is 0.875 bits per heavy atom. The summed E-state index contributed by atoms with van der Waals surface area (Å²) in [6.07, 6.45) is 0. The Balaban J connectivity index is 3.07. The molecule has 0 saturated heterocycles. The van der Waals surface area contributed by atoms with Gasteiger partial charge in [0.2, 0.25) is 0 Å². The molecule has 0 saturated carbocycles. The number of benzene rings is 1. The smallest absolute Gasteiger partial charge is 0.423 e. The fourth-order valence-electron chi connectivity index (χ4n) is 1.03. The van der Waals surface area contributed by atoms with E-state index in [1.54, 1.807) is 24.3 Å². The van der Waals surface area contributed by atoms with E-state index in [0.29, 0.717) is 5.46 Å². The molecule has 2 nitrogen and oxygen atoms in total. The number of rotatable bonds is 2. The largest absolute Gasteiger partial charge is 0.488 e. The number of hydrogen-bond acceptors (Lipinski definition) is 2. The first-order valence-corrected chi connectivity index (χ1v) is 8.04. The zero-order valence-corrected chi connectivity index (χ0v) is 15.6. The molecule has 88 valence electrons. The van der Waals surface area contributed by atoms with Gasteiger partial charge in [0.25, 0.3) is 0 Å². The van der Waals surface area contributed by atoms with Crippen LogP contribution in [0.1, 0.15) is 5.56 Å². The molecule has 1 rings (SSSR count). The maximum atomic E-state index is 8.98. The maximum Gasteiger partial charge on any atom is 0.488 e. The molecule has 0 heterocycles. The van der Waals surface area contributed by atoms with Gasteiger partial charge >= 0.3 is 7.12 Å². The van der Waals surface area contributed by atoms with Crippen molar-refractivity contribution in [2.75, 3.05) is 0 Å². The van der Waals surface area contributed by atoms with Gasteiger partial charge in [-0.1, -0.05) is 104 Å². The summed E-state index contributed by atoms with van der Waals surface area (Å²) in [5.41, 5.74) is 1.35. The van der Waals surface area contributed by atoms with Crippen molar-refractivity contribution in [1.29, 1.82) is 0 Å². The van der Waals surface area contributed by atoms with Crippen molar-refractivity contribution >= 4 is 92.2 Å². The van der Waals surface area contributed by atoms with Gasteiger partial charge in [-0.3, -0.25) is 0 Å². The van der Waals surface area contributed by atoms with E-state index >= 15 is 0 Å². The molecule has 0 unspecified atom stereocenters. The van der Waals surface area contributed by atoms with Crippen molar-refractivity contribution in [2.24, 2.45) is 0 Å². The van der Waals surface area contributed by atoms with Crippen LogP contribution < -0.4 is 5.46 Å². The van der Waals surface area contributed by atoms with E-state index in [9.17, 15) is 0 Å². The highest BCUT2D eigenvalue weighted by Gasteiger charge is 2.44. The van der Waals surface area contributed by atoms with Gasteiger partial charge in [-0.25, -0.2) is 0 Å². The molecule has 0 fully saturated rings. The SMILES string of the molecule is OB(O)c1ccc(C(Br)(Br)C(Br)(Br)Br)cc1. The van der Waals surface area contributed by atoms with Gasteiger partial charge in [0.05, 0.1) is 0 Å². The average molecular weight is 544 g/mol. The summed E-state index contributed by atoms with van der Waals surface area (Å²) in [5.74, 6) is 0.